The summed E-state index contributed by atoms with van der Waals surface area (Å²) in [7, 11) is 0. The number of aliphatic carboxylic acids is 1. The highest BCUT2D eigenvalue weighted by atomic mass is 16.6. The van der Waals surface area contributed by atoms with Crippen LogP contribution in [0.25, 0.3) is 0 Å². The van der Waals surface area contributed by atoms with Gasteiger partial charge in [-0.25, -0.2) is 0 Å². The first-order valence-corrected chi connectivity index (χ1v) is 9.73. The van der Waals surface area contributed by atoms with Crippen LogP contribution in [0, 0.1) is 10.1 Å². The van der Waals surface area contributed by atoms with Gasteiger partial charge in [-0.2, -0.15) is 0 Å². The second-order valence-electron chi connectivity index (χ2n) is 6.54. The number of nitro groups is 1. The summed E-state index contributed by atoms with van der Waals surface area (Å²) in [5.41, 5.74) is 0. The number of carboxylic acid groups (broad SMARTS) is 1. The molecule has 0 fully saturated rings. The predicted molar refractivity (Wildman–Crippen MR) is 102 cm³/mol. The molecule has 0 aliphatic heterocycles. The lowest BCUT2D eigenvalue weighted by Gasteiger charge is -2.08. The first-order valence-electron chi connectivity index (χ1n) is 9.73. The first-order chi connectivity index (χ1) is 12.1. The van der Waals surface area contributed by atoms with Gasteiger partial charge in [-0.05, 0) is 32.1 Å². The van der Waals surface area contributed by atoms with Gasteiger partial charge >= 0.3 is 5.97 Å². The van der Waals surface area contributed by atoms with Gasteiger partial charge in [0.1, 0.15) is 0 Å². The van der Waals surface area contributed by atoms with Gasteiger partial charge in [0.15, 0.2) is 0 Å². The van der Waals surface area contributed by atoms with Gasteiger partial charge in [0.2, 0.25) is 6.04 Å². The van der Waals surface area contributed by atoms with E-state index in [1.54, 1.807) is 0 Å². The molecule has 0 rings (SSSR count). The summed E-state index contributed by atoms with van der Waals surface area (Å²) in [5, 5.41) is 19.6. The number of unbranched alkanes of at least 4 members (excludes halogenated alkanes) is 6. The maximum atomic E-state index is 11.1. The maximum Gasteiger partial charge on any atom is 0.303 e. The summed E-state index contributed by atoms with van der Waals surface area (Å²) in [4.78, 5) is 21.3. The van der Waals surface area contributed by atoms with Crippen LogP contribution in [0.5, 0.6) is 0 Å². The third-order valence-electron chi connectivity index (χ3n) is 4.22. The Bertz CT molecular complexity index is 405. The Morgan fingerprint density at radius 3 is 2.24 bits per heavy atom. The molecule has 144 valence electrons. The van der Waals surface area contributed by atoms with E-state index in [-0.39, 0.29) is 11.3 Å². The van der Waals surface area contributed by atoms with Gasteiger partial charge in [-0.15, -0.1) is 0 Å². The minimum atomic E-state index is -0.755. The molecule has 0 aliphatic carbocycles. The van der Waals surface area contributed by atoms with Crippen LogP contribution in [0.1, 0.15) is 90.4 Å². The molecule has 0 bridgehead atoms. The molecule has 0 saturated heterocycles. The van der Waals surface area contributed by atoms with E-state index >= 15 is 0 Å². The number of hydrogen-bond acceptors (Lipinski definition) is 3. The van der Waals surface area contributed by atoms with E-state index in [0.29, 0.717) is 19.3 Å². The van der Waals surface area contributed by atoms with Crippen molar-refractivity contribution in [3.8, 4) is 0 Å². The van der Waals surface area contributed by atoms with Crippen LogP contribution in [-0.2, 0) is 4.79 Å². The van der Waals surface area contributed by atoms with E-state index in [1.165, 1.54) is 25.7 Å². The average Bonchev–Trinajstić information content (AvgIpc) is 2.57. The molecule has 0 saturated carbocycles. The minimum absolute atomic E-state index is 0.123. The van der Waals surface area contributed by atoms with Crippen LogP contribution in [-0.4, -0.2) is 22.0 Å². The van der Waals surface area contributed by atoms with Crippen LogP contribution < -0.4 is 0 Å². The fourth-order valence-corrected chi connectivity index (χ4v) is 2.68. The molecule has 0 aromatic rings. The lowest BCUT2D eigenvalue weighted by molar-refractivity contribution is -0.524. The average molecular weight is 354 g/mol. The minimum Gasteiger partial charge on any atom is -0.481 e. The van der Waals surface area contributed by atoms with E-state index in [1.807, 2.05) is 24.3 Å². The summed E-state index contributed by atoms with van der Waals surface area (Å²) in [5.74, 6) is -0.755. The molecule has 0 aromatic heterocycles. The van der Waals surface area contributed by atoms with Crippen LogP contribution in [0.2, 0.25) is 0 Å². The Balaban J connectivity index is 3.72. The zero-order valence-electron chi connectivity index (χ0n) is 15.7. The van der Waals surface area contributed by atoms with Crippen LogP contribution >= 0.6 is 0 Å². The Hall–Kier alpha value is -1.65. The summed E-state index contributed by atoms with van der Waals surface area (Å²) in [6.45, 7) is 2.19. The predicted octanol–water partition coefficient (Wildman–Crippen LogP) is 5.92. The van der Waals surface area contributed by atoms with Crippen molar-refractivity contribution in [1.29, 1.82) is 0 Å². The number of carbonyl (C=O) groups is 1. The number of allylic oxidation sites excluding steroid dienone is 4. The van der Waals surface area contributed by atoms with Gasteiger partial charge in [-0.3, -0.25) is 14.9 Å². The van der Waals surface area contributed by atoms with Crippen molar-refractivity contribution in [2.75, 3.05) is 0 Å². The summed E-state index contributed by atoms with van der Waals surface area (Å²) in [6.07, 6.45) is 19.5. The normalized spacial score (nSPS) is 12.8. The zero-order valence-corrected chi connectivity index (χ0v) is 15.7. The largest absolute Gasteiger partial charge is 0.481 e. The molecule has 0 radical (unpaired) electrons. The molecule has 0 aromatic carbocycles. The number of rotatable bonds is 17. The SMILES string of the molecule is CCCCCCCCC(CC/C=C/C/C=C/CCCC(=O)O)[N+](=O)[O-]. The molecule has 0 spiro atoms. The van der Waals surface area contributed by atoms with Gasteiger partial charge < -0.3 is 5.11 Å². The highest BCUT2D eigenvalue weighted by Gasteiger charge is 2.17. The molecule has 1 unspecified atom stereocenters. The topological polar surface area (TPSA) is 80.4 Å². The number of carboxylic acids is 1. The molecule has 0 amide bonds. The molecule has 5 heteroatoms. The van der Waals surface area contributed by atoms with Gasteiger partial charge in [0, 0.05) is 24.2 Å². The molecular weight excluding hydrogens is 318 g/mol. The standard InChI is InChI=1S/C20H35NO4/c1-2-3-4-5-10-13-16-19(21(24)25)17-14-11-8-6-7-9-12-15-18-20(22)23/h7-9,11,19H,2-6,10,12-18H2,1H3,(H,22,23)/b9-7+,11-8+. The van der Waals surface area contributed by atoms with Gasteiger partial charge in [0.25, 0.3) is 0 Å². The lowest BCUT2D eigenvalue weighted by atomic mass is 10.0. The molecular formula is C20H35NO4. The van der Waals surface area contributed by atoms with E-state index in [9.17, 15) is 14.9 Å². The van der Waals surface area contributed by atoms with Gasteiger partial charge in [-0.1, -0.05) is 63.3 Å². The Morgan fingerprint density at radius 1 is 0.960 bits per heavy atom. The third-order valence-corrected chi connectivity index (χ3v) is 4.22. The second-order valence-corrected chi connectivity index (χ2v) is 6.54. The monoisotopic (exact) mass is 353 g/mol. The fraction of sp³-hybridized carbons (Fsp3) is 0.750. The van der Waals surface area contributed by atoms with Crippen molar-refractivity contribution < 1.29 is 14.8 Å². The quantitative estimate of drug-likeness (QED) is 0.152. The van der Waals surface area contributed by atoms with Gasteiger partial charge in [0.05, 0.1) is 0 Å². The van der Waals surface area contributed by atoms with Crippen LogP contribution in [0.15, 0.2) is 24.3 Å². The van der Waals surface area contributed by atoms with E-state index < -0.39 is 12.0 Å². The zero-order chi connectivity index (χ0) is 18.8. The summed E-state index contributed by atoms with van der Waals surface area (Å²) >= 11 is 0. The fourth-order valence-electron chi connectivity index (χ4n) is 2.68. The smallest absolute Gasteiger partial charge is 0.303 e. The molecule has 5 nitrogen and oxygen atoms in total. The van der Waals surface area contributed by atoms with Crippen molar-refractivity contribution in [1.82, 2.24) is 0 Å². The van der Waals surface area contributed by atoms with E-state index in [0.717, 1.165) is 32.1 Å². The first kappa shape index (κ1) is 23.4. The van der Waals surface area contributed by atoms with E-state index in [2.05, 4.69) is 6.92 Å². The van der Waals surface area contributed by atoms with E-state index in [4.69, 9.17) is 5.11 Å². The Kier molecular flexibility index (Phi) is 16.0. The highest BCUT2D eigenvalue weighted by Crippen LogP contribution is 2.14. The number of nitrogens with zero attached hydrogens (tertiary/aromatic N) is 1. The van der Waals surface area contributed by atoms with Crippen molar-refractivity contribution in [2.24, 2.45) is 0 Å². The third kappa shape index (κ3) is 17.0. The highest BCUT2D eigenvalue weighted by molar-refractivity contribution is 5.66. The molecule has 0 aliphatic rings. The lowest BCUT2D eigenvalue weighted by Crippen LogP contribution is -2.18. The maximum absolute atomic E-state index is 11.1. The molecule has 25 heavy (non-hydrogen) atoms. The van der Waals surface area contributed by atoms with Crippen molar-refractivity contribution in [3.05, 3.63) is 34.4 Å². The van der Waals surface area contributed by atoms with Crippen LogP contribution in [0.4, 0.5) is 0 Å². The van der Waals surface area contributed by atoms with Crippen LogP contribution in [0.3, 0.4) is 0 Å². The summed E-state index contributed by atoms with van der Waals surface area (Å²) < 4.78 is 0. The van der Waals surface area contributed by atoms with Crippen molar-refractivity contribution in [3.63, 3.8) is 0 Å². The molecule has 1 atom stereocenters. The second kappa shape index (κ2) is 17.2. The van der Waals surface area contributed by atoms with Crippen molar-refractivity contribution >= 4 is 5.97 Å². The molecule has 0 heterocycles. The number of hydrogen-bond donors (Lipinski definition) is 1. The Labute approximate surface area is 152 Å². The Morgan fingerprint density at radius 2 is 1.60 bits per heavy atom. The summed E-state index contributed by atoms with van der Waals surface area (Å²) in [6, 6.07) is -0.414. The van der Waals surface area contributed by atoms with Crippen molar-refractivity contribution in [2.45, 2.75) is 96.4 Å². The molecule has 1 N–H and O–H groups in total.